The molecule has 1 atom stereocenters. The predicted molar refractivity (Wildman–Crippen MR) is 119 cm³/mol. The number of para-hydroxylation sites is 1. The van der Waals surface area contributed by atoms with Crippen LogP contribution in [0.2, 0.25) is 10.0 Å². The lowest BCUT2D eigenvalue weighted by atomic mass is 10.1. The number of carbonyl (C=O) groups is 2. The minimum Gasteiger partial charge on any atom is -0.484 e. The number of hydrogen-bond donors (Lipinski definition) is 1. The van der Waals surface area contributed by atoms with E-state index in [9.17, 15) is 9.59 Å². The van der Waals surface area contributed by atoms with Crippen LogP contribution >= 0.6 is 23.2 Å². The van der Waals surface area contributed by atoms with Gasteiger partial charge in [-0.2, -0.15) is 0 Å². The second-order valence-electron chi connectivity index (χ2n) is 7.54. The Labute approximate surface area is 187 Å². The quantitative estimate of drug-likeness (QED) is 0.627. The molecule has 7 heteroatoms. The molecule has 0 aromatic heterocycles. The summed E-state index contributed by atoms with van der Waals surface area (Å²) >= 11 is 12.1. The van der Waals surface area contributed by atoms with Crippen molar-refractivity contribution in [2.45, 2.75) is 51.2 Å². The molecule has 1 aliphatic rings. The van der Waals surface area contributed by atoms with E-state index in [1.807, 2.05) is 18.2 Å². The van der Waals surface area contributed by atoms with Crippen molar-refractivity contribution in [2.24, 2.45) is 0 Å². The Kier molecular flexibility index (Phi) is 8.00. The number of nitrogens with one attached hydrogen (secondary N) is 1. The molecule has 0 aliphatic heterocycles. The van der Waals surface area contributed by atoms with E-state index in [1.54, 1.807) is 37.3 Å². The van der Waals surface area contributed by atoms with Gasteiger partial charge in [0.15, 0.2) is 6.61 Å². The fraction of sp³-hybridized carbons (Fsp3) is 0.391. The maximum Gasteiger partial charge on any atom is 0.261 e. The highest BCUT2D eigenvalue weighted by Gasteiger charge is 2.28. The van der Waals surface area contributed by atoms with E-state index in [2.05, 4.69) is 5.32 Å². The predicted octanol–water partition coefficient (Wildman–Crippen LogP) is 4.85. The van der Waals surface area contributed by atoms with Gasteiger partial charge in [-0.15, -0.1) is 0 Å². The van der Waals surface area contributed by atoms with Crippen molar-refractivity contribution >= 4 is 35.0 Å². The summed E-state index contributed by atoms with van der Waals surface area (Å²) in [5.74, 6) is 0.164. The van der Waals surface area contributed by atoms with E-state index in [0.29, 0.717) is 15.8 Å². The maximum absolute atomic E-state index is 13.0. The smallest absolute Gasteiger partial charge is 0.261 e. The van der Waals surface area contributed by atoms with E-state index in [-0.39, 0.29) is 31.0 Å². The highest BCUT2D eigenvalue weighted by Crippen LogP contribution is 2.24. The Balaban J connectivity index is 1.72. The molecular weight excluding hydrogens is 423 g/mol. The van der Waals surface area contributed by atoms with Crippen molar-refractivity contribution in [3.05, 3.63) is 64.1 Å². The van der Waals surface area contributed by atoms with Crippen LogP contribution in [-0.2, 0) is 16.1 Å². The second-order valence-corrected chi connectivity index (χ2v) is 8.35. The third-order valence-corrected chi connectivity index (χ3v) is 6.05. The largest absolute Gasteiger partial charge is 0.484 e. The molecule has 2 amide bonds. The molecule has 1 unspecified atom stereocenters. The van der Waals surface area contributed by atoms with Crippen molar-refractivity contribution in [1.82, 2.24) is 10.2 Å². The molecule has 1 fully saturated rings. The number of hydrogen-bond acceptors (Lipinski definition) is 3. The molecule has 1 saturated carbocycles. The van der Waals surface area contributed by atoms with Crippen LogP contribution < -0.4 is 10.1 Å². The zero-order valence-corrected chi connectivity index (χ0v) is 18.5. The summed E-state index contributed by atoms with van der Waals surface area (Å²) in [4.78, 5) is 27.4. The van der Waals surface area contributed by atoms with Gasteiger partial charge in [-0.05, 0) is 49.6 Å². The number of benzene rings is 2. The molecule has 0 bridgehead atoms. The minimum absolute atomic E-state index is 0.157. The second kappa shape index (κ2) is 10.7. The summed E-state index contributed by atoms with van der Waals surface area (Å²) in [6, 6.07) is 13.9. The first kappa shape index (κ1) is 22.4. The Morgan fingerprint density at radius 3 is 2.47 bits per heavy atom. The Hall–Kier alpha value is -2.24. The molecule has 1 aliphatic carbocycles. The topological polar surface area (TPSA) is 58.6 Å². The lowest BCUT2D eigenvalue weighted by molar-refractivity contribution is -0.142. The highest BCUT2D eigenvalue weighted by molar-refractivity contribution is 6.42. The van der Waals surface area contributed by atoms with Gasteiger partial charge < -0.3 is 15.0 Å². The van der Waals surface area contributed by atoms with Crippen LogP contribution in [0.15, 0.2) is 48.5 Å². The van der Waals surface area contributed by atoms with Gasteiger partial charge in [0.2, 0.25) is 5.91 Å². The fourth-order valence-electron chi connectivity index (χ4n) is 3.55. The van der Waals surface area contributed by atoms with Gasteiger partial charge in [0.05, 0.1) is 10.0 Å². The molecule has 30 heavy (non-hydrogen) atoms. The Morgan fingerprint density at radius 2 is 1.80 bits per heavy atom. The molecule has 160 valence electrons. The standard InChI is InChI=1S/C23H26Cl2N2O3/c1-16(23(29)26-18-7-5-6-8-18)27(14-17-11-12-20(24)21(25)13-17)22(28)15-30-19-9-3-2-4-10-19/h2-4,9-13,16,18H,5-8,14-15H2,1H3,(H,26,29). The number of rotatable bonds is 8. The normalized spacial score (nSPS) is 14.9. The van der Waals surface area contributed by atoms with Crippen molar-refractivity contribution in [3.8, 4) is 5.75 Å². The summed E-state index contributed by atoms with van der Waals surface area (Å²) in [6.07, 6.45) is 4.21. The van der Waals surface area contributed by atoms with Gasteiger partial charge in [0.1, 0.15) is 11.8 Å². The fourth-order valence-corrected chi connectivity index (χ4v) is 3.87. The van der Waals surface area contributed by atoms with E-state index < -0.39 is 6.04 Å². The van der Waals surface area contributed by atoms with Crippen LogP contribution in [0.3, 0.4) is 0 Å². The van der Waals surface area contributed by atoms with Gasteiger partial charge in [-0.25, -0.2) is 0 Å². The SMILES string of the molecule is CC(C(=O)NC1CCCC1)N(Cc1ccc(Cl)c(Cl)c1)C(=O)COc1ccccc1. The van der Waals surface area contributed by atoms with Crippen molar-refractivity contribution in [3.63, 3.8) is 0 Å². The van der Waals surface area contributed by atoms with Crippen LogP contribution in [0.25, 0.3) is 0 Å². The maximum atomic E-state index is 13.0. The van der Waals surface area contributed by atoms with E-state index >= 15 is 0 Å². The molecule has 1 N–H and O–H groups in total. The third-order valence-electron chi connectivity index (χ3n) is 5.31. The molecule has 0 saturated heterocycles. The summed E-state index contributed by atoms with van der Waals surface area (Å²) in [6.45, 7) is 1.81. The summed E-state index contributed by atoms with van der Waals surface area (Å²) in [5, 5.41) is 3.92. The number of halogens is 2. The summed E-state index contributed by atoms with van der Waals surface area (Å²) in [7, 11) is 0. The van der Waals surface area contributed by atoms with Gasteiger partial charge in [-0.1, -0.05) is 60.3 Å². The third kappa shape index (κ3) is 6.13. The number of ether oxygens (including phenoxy) is 1. The molecule has 0 spiro atoms. The molecule has 2 aromatic carbocycles. The summed E-state index contributed by atoms with van der Waals surface area (Å²) in [5.41, 5.74) is 0.790. The first-order valence-electron chi connectivity index (χ1n) is 10.2. The molecule has 0 radical (unpaired) electrons. The zero-order valence-electron chi connectivity index (χ0n) is 16.9. The van der Waals surface area contributed by atoms with Crippen LogP contribution in [0, 0.1) is 0 Å². The first-order chi connectivity index (χ1) is 14.4. The average molecular weight is 449 g/mol. The minimum atomic E-state index is -0.646. The van der Waals surface area contributed by atoms with Crippen LogP contribution in [0.4, 0.5) is 0 Å². The van der Waals surface area contributed by atoms with Crippen molar-refractivity contribution in [1.29, 1.82) is 0 Å². The lowest BCUT2D eigenvalue weighted by Crippen LogP contribution is -2.50. The van der Waals surface area contributed by atoms with Crippen molar-refractivity contribution < 1.29 is 14.3 Å². The lowest BCUT2D eigenvalue weighted by Gasteiger charge is -2.29. The number of nitrogens with zero attached hydrogens (tertiary/aromatic N) is 1. The van der Waals surface area contributed by atoms with E-state index in [0.717, 1.165) is 31.2 Å². The molecule has 5 nitrogen and oxygen atoms in total. The Bertz CT molecular complexity index is 870. The first-order valence-corrected chi connectivity index (χ1v) is 10.9. The van der Waals surface area contributed by atoms with Gasteiger partial charge in [0.25, 0.3) is 5.91 Å². The summed E-state index contributed by atoms with van der Waals surface area (Å²) < 4.78 is 5.62. The average Bonchev–Trinajstić information content (AvgIpc) is 3.26. The molecule has 0 heterocycles. The van der Waals surface area contributed by atoms with Gasteiger partial charge in [0, 0.05) is 12.6 Å². The van der Waals surface area contributed by atoms with Gasteiger partial charge in [-0.3, -0.25) is 9.59 Å². The highest BCUT2D eigenvalue weighted by atomic mass is 35.5. The van der Waals surface area contributed by atoms with Crippen LogP contribution in [0.5, 0.6) is 5.75 Å². The molecular formula is C23H26Cl2N2O3. The van der Waals surface area contributed by atoms with E-state index in [4.69, 9.17) is 27.9 Å². The van der Waals surface area contributed by atoms with Crippen molar-refractivity contribution in [2.75, 3.05) is 6.61 Å². The van der Waals surface area contributed by atoms with Crippen LogP contribution in [-0.4, -0.2) is 35.4 Å². The molecule has 3 rings (SSSR count). The monoisotopic (exact) mass is 448 g/mol. The molecule has 2 aromatic rings. The number of amides is 2. The number of carbonyl (C=O) groups excluding carboxylic acids is 2. The van der Waals surface area contributed by atoms with Gasteiger partial charge >= 0.3 is 0 Å². The Morgan fingerprint density at radius 1 is 1.10 bits per heavy atom. The zero-order chi connectivity index (χ0) is 21.5. The van der Waals surface area contributed by atoms with E-state index in [1.165, 1.54) is 4.90 Å². The van der Waals surface area contributed by atoms with Crippen LogP contribution in [0.1, 0.15) is 38.2 Å².